The summed E-state index contributed by atoms with van der Waals surface area (Å²) in [6.45, 7) is 0.402. The summed E-state index contributed by atoms with van der Waals surface area (Å²) in [5.41, 5.74) is 3.19. The predicted octanol–water partition coefficient (Wildman–Crippen LogP) is 4.07. The molecular formula is C20H18N2O2. The number of para-hydroxylation sites is 2. The molecule has 4 nitrogen and oxygen atoms in total. The van der Waals surface area contributed by atoms with Crippen molar-refractivity contribution in [2.75, 3.05) is 5.32 Å². The van der Waals surface area contributed by atoms with Gasteiger partial charge in [0.25, 0.3) is 5.91 Å². The molecule has 0 aliphatic heterocycles. The molecule has 0 aromatic heterocycles. The van der Waals surface area contributed by atoms with Crippen LogP contribution in [0, 0.1) is 0 Å². The molecule has 0 heterocycles. The van der Waals surface area contributed by atoms with Crippen molar-refractivity contribution in [1.29, 1.82) is 0 Å². The van der Waals surface area contributed by atoms with Gasteiger partial charge in [0.05, 0.1) is 11.3 Å². The maximum atomic E-state index is 12.5. The lowest BCUT2D eigenvalue weighted by Gasteiger charge is -2.12. The lowest BCUT2D eigenvalue weighted by molar-refractivity contribution is 0.0952. The van der Waals surface area contributed by atoms with E-state index in [1.807, 2.05) is 48.5 Å². The Morgan fingerprint density at radius 1 is 0.833 bits per heavy atom. The van der Waals surface area contributed by atoms with Crippen LogP contribution in [0.25, 0.3) is 0 Å². The van der Waals surface area contributed by atoms with Gasteiger partial charge in [-0.1, -0.05) is 42.5 Å². The van der Waals surface area contributed by atoms with Crippen LogP contribution in [-0.2, 0) is 6.54 Å². The Balaban J connectivity index is 1.71. The molecule has 3 rings (SSSR count). The number of phenols is 1. The van der Waals surface area contributed by atoms with Gasteiger partial charge < -0.3 is 15.7 Å². The summed E-state index contributed by atoms with van der Waals surface area (Å²) >= 11 is 0. The van der Waals surface area contributed by atoms with Gasteiger partial charge >= 0.3 is 0 Å². The molecule has 3 N–H and O–H groups in total. The summed E-state index contributed by atoms with van der Waals surface area (Å²) in [6.07, 6.45) is 0. The largest absolute Gasteiger partial charge is 0.508 e. The zero-order valence-electron chi connectivity index (χ0n) is 13.1. The summed E-state index contributed by atoms with van der Waals surface area (Å²) in [4.78, 5) is 12.5. The third-order valence-electron chi connectivity index (χ3n) is 3.61. The second-order valence-electron chi connectivity index (χ2n) is 5.39. The van der Waals surface area contributed by atoms with Crippen LogP contribution in [0.1, 0.15) is 15.9 Å². The minimum Gasteiger partial charge on any atom is -0.508 e. The fourth-order valence-electron chi connectivity index (χ4n) is 2.36. The first kappa shape index (κ1) is 15.6. The van der Waals surface area contributed by atoms with Crippen LogP contribution < -0.4 is 10.6 Å². The van der Waals surface area contributed by atoms with E-state index in [4.69, 9.17) is 0 Å². The Morgan fingerprint density at radius 3 is 2.25 bits per heavy atom. The molecule has 1 amide bonds. The molecule has 0 atom stereocenters. The van der Waals surface area contributed by atoms with Gasteiger partial charge in [0.15, 0.2) is 0 Å². The third kappa shape index (κ3) is 3.93. The van der Waals surface area contributed by atoms with Gasteiger partial charge in [0.1, 0.15) is 5.75 Å². The highest BCUT2D eigenvalue weighted by Crippen LogP contribution is 2.20. The number of phenolic OH excluding ortho intramolecular Hbond substituents is 1. The molecule has 4 heteroatoms. The average molecular weight is 318 g/mol. The molecule has 0 unspecified atom stereocenters. The first-order valence-corrected chi connectivity index (χ1v) is 7.69. The molecule has 0 aliphatic carbocycles. The van der Waals surface area contributed by atoms with Crippen LogP contribution in [0.4, 0.5) is 11.4 Å². The number of carbonyl (C=O) groups is 1. The van der Waals surface area contributed by atoms with Crippen LogP contribution in [0.15, 0.2) is 78.9 Å². The molecule has 3 aromatic rings. The Hall–Kier alpha value is -3.27. The Morgan fingerprint density at radius 2 is 1.50 bits per heavy atom. The molecule has 0 saturated heterocycles. The second-order valence-corrected chi connectivity index (χ2v) is 5.39. The molecule has 3 aromatic carbocycles. The van der Waals surface area contributed by atoms with Crippen LogP contribution in [-0.4, -0.2) is 11.0 Å². The van der Waals surface area contributed by atoms with E-state index in [0.717, 1.165) is 16.9 Å². The molecule has 0 bridgehead atoms. The van der Waals surface area contributed by atoms with Crippen molar-refractivity contribution >= 4 is 17.3 Å². The molecule has 0 fully saturated rings. The van der Waals surface area contributed by atoms with Crippen molar-refractivity contribution in [3.05, 3.63) is 90.0 Å². The van der Waals surface area contributed by atoms with Crippen LogP contribution in [0.3, 0.4) is 0 Å². The molecule has 0 aliphatic rings. The second kappa shape index (κ2) is 7.33. The highest BCUT2D eigenvalue weighted by Gasteiger charge is 2.10. The number of hydrogen-bond donors (Lipinski definition) is 3. The molecule has 0 saturated carbocycles. The molecule has 120 valence electrons. The van der Waals surface area contributed by atoms with Gasteiger partial charge in [-0.3, -0.25) is 4.79 Å². The summed E-state index contributed by atoms with van der Waals surface area (Å²) in [5, 5.41) is 15.5. The Labute approximate surface area is 140 Å². The third-order valence-corrected chi connectivity index (χ3v) is 3.61. The normalized spacial score (nSPS) is 10.2. The number of carbonyl (C=O) groups excluding carboxylic acids is 1. The first-order valence-electron chi connectivity index (χ1n) is 7.69. The highest BCUT2D eigenvalue weighted by atomic mass is 16.3. The highest BCUT2D eigenvalue weighted by molar-refractivity contribution is 6.00. The van der Waals surface area contributed by atoms with Crippen LogP contribution >= 0.6 is 0 Å². The summed E-state index contributed by atoms with van der Waals surface area (Å²) in [5.74, 6) is 0.0598. The molecular weight excluding hydrogens is 300 g/mol. The van der Waals surface area contributed by atoms with Crippen molar-refractivity contribution in [1.82, 2.24) is 5.32 Å². The zero-order valence-corrected chi connectivity index (χ0v) is 13.1. The number of nitrogens with one attached hydrogen (secondary N) is 2. The first-order chi connectivity index (χ1) is 11.7. The summed E-state index contributed by atoms with van der Waals surface area (Å²) < 4.78 is 0. The summed E-state index contributed by atoms with van der Waals surface area (Å²) in [6, 6.07) is 23.9. The summed E-state index contributed by atoms with van der Waals surface area (Å²) in [7, 11) is 0. The SMILES string of the molecule is O=C(NCc1ccc(O)cc1)c1ccccc1Nc1ccccc1. The van der Waals surface area contributed by atoms with Crippen molar-refractivity contribution in [3.63, 3.8) is 0 Å². The fourth-order valence-corrected chi connectivity index (χ4v) is 2.36. The van der Waals surface area contributed by atoms with E-state index in [-0.39, 0.29) is 11.7 Å². The lowest BCUT2D eigenvalue weighted by Crippen LogP contribution is -2.23. The number of anilines is 2. The van der Waals surface area contributed by atoms with E-state index in [1.165, 1.54) is 0 Å². The number of benzene rings is 3. The predicted molar refractivity (Wildman–Crippen MR) is 95.4 cm³/mol. The van der Waals surface area contributed by atoms with Crippen LogP contribution in [0.5, 0.6) is 5.75 Å². The zero-order chi connectivity index (χ0) is 16.8. The van der Waals surface area contributed by atoms with E-state index in [2.05, 4.69) is 10.6 Å². The molecule has 0 radical (unpaired) electrons. The maximum absolute atomic E-state index is 12.5. The lowest BCUT2D eigenvalue weighted by atomic mass is 10.1. The minimum absolute atomic E-state index is 0.151. The number of rotatable bonds is 5. The maximum Gasteiger partial charge on any atom is 0.253 e. The van der Waals surface area contributed by atoms with Crippen molar-refractivity contribution in [2.24, 2.45) is 0 Å². The van der Waals surface area contributed by atoms with Gasteiger partial charge in [-0.2, -0.15) is 0 Å². The van der Waals surface area contributed by atoms with Gasteiger partial charge in [-0.05, 0) is 42.0 Å². The van der Waals surface area contributed by atoms with Crippen molar-refractivity contribution < 1.29 is 9.90 Å². The molecule has 0 spiro atoms. The van der Waals surface area contributed by atoms with E-state index < -0.39 is 0 Å². The van der Waals surface area contributed by atoms with Gasteiger partial charge in [0, 0.05) is 12.2 Å². The standard InChI is InChI=1S/C20H18N2O2/c23-17-12-10-15(11-13-17)14-21-20(24)18-8-4-5-9-19(18)22-16-6-2-1-3-7-16/h1-13,22-23H,14H2,(H,21,24). The van der Waals surface area contributed by atoms with E-state index in [1.54, 1.807) is 30.3 Å². The van der Waals surface area contributed by atoms with E-state index in [9.17, 15) is 9.90 Å². The smallest absolute Gasteiger partial charge is 0.253 e. The Kier molecular flexibility index (Phi) is 4.77. The van der Waals surface area contributed by atoms with Gasteiger partial charge in [-0.15, -0.1) is 0 Å². The van der Waals surface area contributed by atoms with Gasteiger partial charge in [-0.25, -0.2) is 0 Å². The topological polar surface area (TPSA) is 61.4 Å². The monoisotopic (exact) mass is 318 g/mol. The quantitative estimate of drug-likeness (QED) is 0.664. The van der Waals surface area contributed by atoms with E-state index >= 15 is 0 Å². The number of amides is 1. The number of hydrogen-bond acceptors (Lipinski definition) is 3. The van der Waals surface area contributed by atoms with Crippen molar-refractivity contribution in [2.45, 2.75) is 6.54 Å². The minimum atomic E-state index is -0.151. The van der Waals surface area contributed by atoms with Gasteiger partial charge in [0.2, 0.25) is 0 Å². The number of aromatic hydroxyl groups is 1. The van der Waals surface area contributed by atoms with E-state index in [0.29, 0.717) is 12.1 Å². The molecule has 24 heavy (non-hydrogen) atoms. The van der Waals surface area contributed by atoms with Crippen molar-refractivity contribution in [3.8, 4) is 5.75 Å². The Bertz CT molecular complexity index is 815. The average Bonchev–Trinajstić information content (AvgIpc) is 2.62. The fraction of sp³-hybridized carbons (Fsp3) is 0.0500. The van der Waals surface area contributed by atoms with Crippen LogP contribution in [0.2, 0.25) is 0 Å².